The predicted molar refractivity (Wildman–Crippen MR) is 86.6 cm³/mol. The molecule has 0 amide bonds. The van der Waals surface area contributed by atoms with E-state index < -0.39 is 0 Å². The summed E-state index contributed by atoms with van der Waals surface area (Å²) in [5.41, 5.74) is 7.48. The second-order valence-corrected chi connectivity index (χ2v) is 6.02. The van der Waals surface area contributed by atoms with Gasteiger partial charge >= 0.3 is 0 Å². The summed E-state index contributed by atoms with van der Waals surface area (Å²) >= 11 is 0. The quantitative estimate of drug-likeness (QED) is 0.798. The molecule has 0 radical (unpaired) electrons. The molecule has 2 atom stereocenters. The lowest BCUT2D eigenvalue weighted by molar-refractivity contribution is -0.0341. The van der Waals surface area contributed by atoms with Gasteiger partial charge in [-0.1, -0.05) is 44.7 Å². The molecule has 118 valence electrons. The van der Waals surface area contributed by atoms with Gasteiger partial charge in [0.25, 0.3) is 0 Å². The van der Waals surface area contributed by atoms with Crippen molar-refractivity contribution in [2.75, 3.05) is 7.11 Å². The minimum atomic E-state index is -0.0102. The maximum absolute atomic E-state index is 6.42. The van der Waals surface area contributed by atoms with Crippen molar-refractivity contribution in [3.05, 3.63) is 29.8 Å². The Labute approximate surface area is 128 Å². The Morgan fingerprint density at radius 3 is 2.24 bits per heavy atom. The zero-order chi connectivity index (χ0) is 15.1. The van der Waals surface area contributed by atoms with Gasteiger partial charge < -0.3 is 15.2 Å². The lowest BCUT2D eigenvalue weighted by atomic mass is 10.00. The van der Waals surface area contributed by atoms with Gasteiger partial charge in [0.15, 0.2) is 0 Å². The van der Waals surface area contributed by atoms with Gasteiger partial charge in [0.05, 0.1) is 19.3 Å². The largest absolute Gasteiger partial charge is 0.497 e. The Kier molecular flexibility index (Phi) is 6.52. The zero-order valence-electron chi connectivity index (χ0n) is 13.4. The van der Waals surface area contributed by atoms with Crippen LogP contribution in [0.25, 0.3) is 0 Å². The summed E-state index contributed by atoms with van der Waals surface area (Å²) in [4.78, 5) is 0. The lowest BCUT2D eigenvalue weighted by Gasteiger charge is -2.28. The Bertz CT molecular complexity index is 396. The summed E-state index contributed by atoms with van der Waals surface area (Å²) in [7, 11) is 1.69. The molecule has 2 unspecified atom stereocenters. The van der Waals surface area contributed by atoms with Gasteiger partial charge in [0, 0.05) is 6.04 Å². The molecule has 3 nitrogen and oxygen atoms in total. The number of benzene rings is 1. The molecule has 2 rings (SSSR count). The molecular formula is C18H29NO2. The fourth-order valence-corrected chi connectivity index (χ4v) is 3.02. The maximum Gasteiger partial charge on any atom is 0.118 e. The average Bonchev–Trinajstić information content (AvgIpc) is 2.80. The summed E-state index contributed by atoms with van der Waals surface area (Å²) in [6.45, 7) is 2.12. The van der Waals surface area contributed by atoms with E-state index in [0.29, 0.717) is 6.10 Å². The molecule has 2 N–H and O–H groups in total. The first-order valence-electron chi connectivity index (χ1n) is 8.29. The standard InChI is InChI=1S/C18H29NO2/c1-3-17(19)18(14-10-12-15(20-2)13-11-14)21-16-8-6-4-5-7-9-16/h10-13,16-18H,3-9,19H2,1-2H3. The van der Waals surface area contributed by atoms with Crippen LogP contribution in [0.4, 0.5) is 0 Å². The molecule has 0 bridgehead atoms. The van der Waals surface area contributed by atoms with E-state index in [-0.39, 0.29) is 12.1 Å². The molecule has 1 saturated carbocycles. The number of nitrogens with two attached hydrogens (primary N) is 1. The SMILES string of the molecule is CCC(N)C(OC1CCCCCC1)c1ccc(OC)cc1. The van der Waals surface area contributed by atoms with E-state index in [1.54, 1.807) is 7.11 Å². The first kappa shape index (κ1) is 16.3. The van der Waals surface area contributed by atoms with Crippen LogP contribution in [0.2, 0.25) is 0 Å². The molecule has 0 aliphatic heterocycles. The number of ether oxygens (including phenoxy) is 2. The molecular weight excluding hydrogens is 262 g/mol. The van der Waals surface area contributed by atoms with Crippen LogP contribution in [-0.4, -0.2) is 19.3 Å². The zero-order valence-corrected chi connectivity index (χ0v) is 13.4. The summed E-state index contributed by atoms with van der Waals surface area (Å²) in [6.07, 6.45) is 8.85. The van der Waals surface area contributed by atoms with E-state index in [9.17, 15) is 0 Å². The van der Waals surface area contributed by atoms with Crippen LogP contribution in [0.3, 0.4) is 0 Å². The minimum absolute atomic E-state index is 0.0102. The summed E-state index contributed by atoms with van der Waals surface area (Å²) in [5, 5.41) is 0. The number of rotatable bonds is 6. The number of hydrogen-bond acceptors (Lipinski definition) is 3. The minimum Gasteiger partial charge on any atom is -0.497 e. The van der Waals surface area contributed by atoms with E-state index in [0.717, 1.165) is 17.7 Å². The van der Waals surface area contributed by atoms with Gasteiger partial charge in [-0.2, -0.15) is 0 Å². The molecule has 1 aromatic carbocycles. The third-order valence-corrected chi connectivity index (χ3v) is 4.45. The first-order chi connectivity index (χ1) is 10.2. The number of methoxy groups -OCH3 is 1. The predicted octanol–water partition coefficient (Wildman–Crippen LogP) is 4.21. The van der Waals surface area contributed by atoms with Gasteiger partial charge in [0.1, 0.15) is 5.75 Å². The summed E-state index contributed by atoms with van der Waals surface area (Å²) in [6, 6.07) is 8.18. The van der Waals surface area contributed by atoms with Crippen LogP contribution in [0, 0.1) is 0 Å². The maximum atomic E-state index is 6.42. The average molecular weight is 291 g/mol. The highest BCUT2D eigenvalue weighted by molar-refractivity contribution is 5.29. The molecule has 0 saturated heterocycles. The summed E-state index contributed by atoms with van der Waals surface area (Å²) < 4.78 is 11.6. The van der Waals surface area contributed by atoms with Crippen molar-refractivity contribution in [1.82, 2.24) is 0 Å². The van der Waals surface area contributed by atoms with Crippen LogP contribution in [0.15, 0.2) is 24.3 Å². The van der Waals surface area contributed by atoms with E-state index in [2.05, 4.69) is 19.1 Å². The van der Waals surface area contributed by atoms with E-state index in [1.165, 1.54) is 38.5 Å². The van der Waals surface area contributed by atoms with Gasteiger partial charge in [-0.05, 0) is 37.0 Å². The molecule has 0 spiro atoms. The molecule has 1 aromatic rings. The Balaban J connectivity index is 2.08. The molecule has 0 heterocycles. The normalized spacial score (nSPS) is 19.8. The van der Waals surface area contributed by atoms with Crippen molar-refractivity contribution in [1.29, 1.82) is 0 Å². The smallest absolute Gasteiger partial charge is 0.118 e. The van der Waals surface area contributed by atoms with Crippen molar-refractivity contribution in [2.45, 2.75) is 70.1 Å². The van der Waals surface area contributed by atoms with Crippen LogP contribution in [0.1, 0.15) is 63.5 Å². The molecule has 21 heavy (non-hydrogen) atoms. The molecule has 0 aromatic heterocycles. The van der Waals surface area contributed by atoms with Crippen LogP contribution in [0.5, 0.6) is 5.75 Å². The lowest BCUT2D eigenvalue weighted by Crippen LogP contribution is -2.32. The first-order valence-corrected chi connectivity index (χ1v) is 8.29. The van der Waals surface area contributed by atoms with Gasteiger partial charge in [-0.3, -0.25) is 0 Å². The third kappa shape index (κ3) is 4.72. The number of hydrogen-bond donors (Lipinski definition) is 1. The fourth-order valence-electron chi connectivity index (χ4n) is 3.02. The van der Waals surface area contributed by atoms with Crippen molar-refractivity contribution in [3.63, 3.8) is 0 Å². The third-order valence-electron chi connectivity index (χ3n) is 4.45. The molecule has 1 fully saturated rings. The van der Waals surface area contributed by atoms with Crippen LogP contribution >= 0.6 is 0 Å². The highest BCUT2D eigenvalue weighted by atomic mass is 16.5. The van der Waals surface area contributed by atoms with Crippen molar-refractivity contribution >= 4 is 0 Å². The summed E-state index contributed by atoms with van der Waals surface area (Å²) in [5.74, 6) is 0.872. The topological polar surface area (TPSA) is 44.5 Å². The monoisotopic (exact) mass is 291 g/mol. The molecule has 1 aliphatic rings. The molecule has 1 aliphatic carbocycles. The molecule has 3 heteroatoms. The van der Waals surface area contributed by atoms with Crippen molar-refractivity contribution < 1.29 is 9.47 Å². The van der Waals surface area contributed by atoms with Gasteiger partial charge in [-0.15, -0.1) is 0 Å². The van der Waals surface area contributed by atoms with E-state index >= 15 is 0 Å². The highest BCUT2D eigenvalue weighted by Gasteiger charge is 2.24. The second-order valence-electron chi connectivity index (χ2n) is 6.02. The van der Waals surface area contributed by atoms with Crippen molar-refractivity contribution in [3.8, 4) is 5.75 Å². The Hall–Kier alpha value is -1.06. The van der Waals surface area contributed by atoms with Crippen LogP contribution in [-0.2, 0) is 4.74 Å². The Morgan fingerprint density at radius 2 is 1.71 bits per heavy atom. The van der Waals surface area contributed by atoms with Crippen LogP contribution < -0.4 is 10.5 Å². The van der Waals surface area contributed by atoms with Gasteiger partial charge in [0.2, 0.25) is 0 Å². The second kappa shape index (κ2) is 8.40. The van der Waals surface area contributed by atoms with E-state index in [1.807, 2.05) is 12.1 Å². The highest BCUT2D eigenvalue weighted by Crippen LogP contribution is 2.30. The fraction of sp³-hybridized carbons (Fsp3) is 0.667. The van der Waals surface area contributed by atoms with Gasteiger partial charge in [-0.25, -0.2) is 0 Å². The van der Waals surface area contributed by atoms with E-state index in [4.69, 9.17) is 15.2 Å². The van der Waals surface area contributed by atoms with Crippen molar-refractivity contribution in [2.24, 2.45) is 5.73 Å². The Morgan fingerprint density at radius 1 is 1.10 bits per heavy atom.